The van der Waals surface area contributed by atoms with Crippen molar-refractivity contribution in [2.45, 2.75) is 27.7 Å². The Morgan fingerprint density at radius 1 is 0.739 bits per heavy atom. The summed E-state index contributed by atoms with van der Waals surface area (Å²) in [7, 11) is 0. The Hall–Kier alpha value is -1.81. The molecule has 116 valence electrons. The standard InChI is InChI=1S/C20H18OS2/c1-14-2-4-15(5-3-14)20(21)16-6-10-18(11-7-16)23-19-12-8-17(22)9-13-19/h2-13,20-22H,1H3/p-1. The van der Waals surface area contributed by atoms with Gasteiger partial charge in [0.15, 0.2) is 0 Å². The van der Waals surface area contributed by atoms with E-state index >= 15 is 0 Å². The number of hydrogen-bond acceptors (Lipinski definition) is 3. The first-order valence-corrected chi connectivity index (χ1v) is 8.64. The maximum atomic E-state index is 10.5. The van der Waals surface area contributed by atoms with Crippen LogP contribution in [-0.2, 0) is 12.6 Å². The van der Waals surface area contributed by atoms with Crippen molar-refractivity contribution in [3.05, 3.63) is 89.5 Å². The molecule has 0 radical (unpaired) electrons. The minimum atomic E-state index is -0.589. The van der Waals surface area contributed by atoms with Crippen molar-refractivity contribution in [1.29, 1.82) is 0 Å². The van der Waals surface area contributed by atoms with Gasteiger partial charge in [-0.15, -0.1) is 0 Å². The Morgan fingerprint density at radius 2 is 1.17 bits per heavy atom. The summed E-state index contributed by atoms with van der Waals surface area (Å²) < 4.78 is 0. The van der Waals surface area contributed by atoms with Crippen LogP contribution >= 0.6 is 11.8 Å². The van der Waals surface area contributed by atoms with Crippen LogP contribution in [0.4, 0.5) is 0 Å². The van der Waals surface area contributed by atoms with E-state index in [4.69, 9.17) is 12.6 Å². The molecule has 0 heterocycles. The maximum absolute atomic E-state index is 10.5. The molecule has 0 aromatic heterocycles. The van der Waals surface area contributed by atoms with E-state index in [9.17, 15) is 5.11 Å². The second-order valence-electron chi connectivity index (χ2n) is 5.46. The monoisotopic (exact) mass is 337 g/mol. The van der Waals surface area contributed by atoms with Crippen molar-refractivity contribution in [3.8, 4) is 0 Å². The van der Waals surface area contributed by atoms with Crippen molar-refractivity contribution in [3.63, 3.8) is 0 Å². The third kappa shape index (κ3) is 4.14. The largest absolute Gasteiger partial charge is 0.780 e. The van der Waals surface area contributed by atoms with Crippen LogP contribution < -0.4 is 0 Å². The van der Waals surface area contributed by atoms with Crippen LogP contribution in [0.3, 0.4) is 0 Å². The molecule has 0 aliphatic carbocycles. The number of benzene rings is 3. The third-order valence-electron chi connectivity index (χ3n) is 3.65. The lowest BCUT2D eigenvalue weighted by Crippen LogP contribution is -1.99. The highest BCUT2D eigenvalue weighted by Crippen LogP contribution is 2.30. The van der Waals surface area contributed by atoms with Crippen LogP contribution in [0.15, 0.2) is 87.5 Å². The Balaban J connectivity index is 1.73. The van der Waals surface area contributed by atoms with E-state index in [1.54, 1.807) is 11.8 Å². The minimum Gasteiger partial charge on any atom is -0.780 e. The smallest absolute Gasteiger partial charge is 0.104 e. The summed E-state index contributed by atoms with van der Waals surface area (Å²) in [5.74, 6) is 0. The second kappa shape index (κ2) is 7.18. The molecule has 3 rings (SSSR count). The fourth-order valence-corrected chi connectivity index (χ4v) is 3.26. The van der Waals surface area contributed by atoms with Gasteiger partial charge in [0.05, 0.1) is 0 Å². The predicted octanol–water partition coefficient (Wildman–Crippen LogP) is 5.13. The Morgan fingerprint density at radius 3 is 1.70 bits per heavy atom. The van der Waals surface area contributed by atoms with Crippen LogP contribution in [0.25, 0.3) is 0 Å². The van der Waals surface area contributed by atoms with Crippen molar-refractivity contribution in [1.82, 2.24) is 0 Å². The molecule has 0 aliphatic rings. The molecule has 0 bridgehead atoms. The summed E-state index contributed by atoms with van der Waals surface area (Å²) in [4.78, 5) is 3.15. The van der Waals surface area contributed by atoms with E-state index in [0.717, 1.165) is 25.8 Å². The highest BCUT2D eigenvalue weighted by Gasteiger charge is 2.10. The van der Waals surface area contributed by atoms with Crippen molar-refractivity contribution >= 4 is 24.4 Å². The molecular formula is C20H17OS2-. The lowest BCUT2D eigenvalue weighted by molar-refractivity contribution is 0.220. The van der Waals surface area contributed by atoms with E-state index in [1.165, 1.54) is 5.56 Å². The van der Waals surface area contributed by atoms with Crippen LogP contribution in [-0.4, -0.2) is 5.11 Å². The number of rotatable bonds is 4. The first kappa shape index (κ1) is 16.1. The molecule has 23 heavy (non-hydrogen) atoms. The molecule has 0 saturated carbocycles. The first-order valence-electron chi connectivity index (χ1n) is 7.41. The number of aliphatic hydroxyl groups excluding tert-OH is 1. The first-order chi connectivity index (χ1) is 11.1. The summed E-state index contributed by atoms with van der Waals surface area (Å²) >= 11 is 6.79. The quantitative estimate of drug-likeness (QED) is 0.666. The summed E-state index contributed by atoms with van der Waals surface area (Å²) in [5, 5.41) is 10.5. The Bertz CT molecular complexity index is 762. The molecule has 0 amide bonds. The van der Waals surface area contributed by atoms with Crippen LogP contribution in [0.1, 0.15) is 22.8 Å². The van der Waals surface area contributed by atoms with Gasteiger partial charge in [0, 0.05) is 9.79 Å². The molecule has 0 saturated heterocycles. The minimum absolute atomic E-state index is 0.589. The van der Waals surface area contributed by atoms with Gasteiger partial charge < -0.3 is 17.7 Å². The van der Waals surface area contributed by atoms with Crippen molar-refractivity contribution < 1.29 is 5.11 Å². The van der Waals surface area contributed by atoms with Crippen LogP contribution in [0.2, 0.25) is 0 Å². The molecule has 1 atom stereocenters. The lowest BCUT2D eigenvalue weighted by Gasteiger charge is -2.12. The molecule has 3 aromatic carbocycles. The average molecular weight is 337 g/mol. The predicted molar refractivity (Wildman–Crippen MR) is 97.9 cm³/mol. The van der Waals surface area contributed by atoms with E-state index in [1.807, 2.05) is 79.7 Å². The summed E-state index contributed by atoms with van der Waals surface area (Å²) in [6, 6.07) is 24.0. The zero-order valence-electron chi connectivity index (χ0n) is 12.8. The number of hydrogen-bond donors (Lipinski definition) is 1. The molecule has 0 fully saturated rings. The average Bonchev–Trinajstić information content (AvgIpc) is 2.58. The highest BCUT2D eigenvalue weighted by atomic mass is 32.2. The molecule has 0 spiro atoms. The molecular weight excluding hydrogens is 320 g/mol. The normalized spacial score (nSPS) is 12.1. The Kier molecular flexibility index (Phi) is 5.01. The fraction of sp³-hybridized carbons (Fsp3) is 0.100. The molecule has 3 aromatic rings. The molecule has 1 N–H and O–H groups in total. The molecule has 0 aliphatic heterocycles. The van der Waals surface area contributed by atoms with Gasteiger partial charge in [0.1, 0.15) is 6.10 Å². The third-order valence-corrected chi connectivity index (χ3v) is 4.94. The van der Waals surface area contributed by atoms with Crippen molar-refractivity contribution in [2.75, 3.05) is 0 Å². The van der Waals surface area contributed by atoms with Gasteiger partial charge in [-0.2, -0.15) is 4.90 Å². The van der Waals surface area contributed by atoms with E-state index < -0.39 is 6.10 Å². The second-order valence-corrected chi connectivity index (χ2v) is 7.07. The maximum Gasteiger partial charge on any atom is 0.104 e. The van der Waals surface area contributed by atoms with Gasteiger partial charge in [-0.1, -0.05) is 65.9 Å². The zero-order valence-corrected chi connectivity index (χ0v) is 14.4. The van der Waals surface area contributed by atoms with Crippen LogP contribution in [0, 0.1) is 6.92 Å². The fourth-order valence-electron chi connectivity index (χ4n) is 2.30. The van der Waals surface area contributed by atoms with Gasteiger partial charge in [0.2, 0.25) is 0 Å². The zero-order chi connectivity index (χ0) is 16.2. The van der Waals surface area contributed by atoms with Gasteiger partial charge in [-0.3, -0.25) is 0 Å². The van der Waals surface area contributed by atoms with Crippen LogP contribution in [0.5, 0.6) is 0 Å². The topological polar surface area (TPSA) is 20.2 Å². The summed E-state index contributed by atoms with van der Waals surface area (Å²) in [5.41, 5.74) is 3.01. The van der Waals surface area contributed by atoms with Gasteiger partial charge in [0.25, 0.3) is 0 Å². The molecule has 3 heteroatoms. The number of aliphatic hydroxyl groups is 1. The summed E-state index contributed by atoms with van der Waals surface area (Å²) in [6.45, 7) is 2.04. The molecule has 1 unspecified atom stereocenters. The van der Waals surface area contributed by atoms with E-state index in [2.05, 4.69) is 0 Å². The van der Waals surface area contributed by atoms with Gasteiger partial charge in [-0.05, 0) is 42.3 Å². The van der Waals surface area contributed by atoms with E-state index in [-0.39, 0.29) is 0 Å². The summed E-state index contributed by atoms with van der Waals surface area (Å²) in [6.07, 6.45) is -0.589. The highest BCUT2D eigenvalue weighted by molar-refractivity contribution is 7.99. The molecule has 1 nitrogen and oxygen atoms in total. The lowest BCUT2D eigenvalue weighted by atomic mass is 10.0. The number of aryl methyl sites for hydroxylation is 1. The van der Waals surface area contributed by atoms with Gasteiger partial charge >= 0.3 is 0 Å². The Labute approximate surface area is 146 Å². The van der Waals surface area contributed by atoms with Crippen molar-refractivity contribution in [2.24, 2.45) is 0 Å². The van der Waals surface area contributed by atoms with E-state index in [0.29, 0.717) is 0 Å². The SMILES string of the molecule is Cc1ccc(C(O)c2ccc(Sc3ccc([S-])cc3)cc2)cc1. The van der Waals surface area contributed by atoms with Gasteiger partial charge in [-0.25, -0.2) is 0 Å².